The lowest BCUT2D eigenvalue weighted by Gasteiger charge is -2.12. The van der Waals surface area contributed by atoms with Gasteiger partial charge in [-0.05, 0) is 82.1 Å². The van der Waals surface area contributed by atoms with Crippen LogP contribution in [-0.4, -0.2) is 8.29 Å². The van der Waals surface area contributed by atoms with Crippen LogP contribution in [0.25, 0.3) is 43.8 Å². The van der Waals surface area contributed by atoms with Crippen LogP contribution in [0.3, 0.4) is 0 Å². The van der Waals surface area contributed by atoms with Crippen LogP contribution >= 0.6 is 70.5 Å². The molecule has 9 heteroatoms. The average Bonchev–Trinajstić information content (AvgIpc) is 3.05. The van der Waals surface area contributed by atoms with Gasteiger partial charge >= 0.3 is 3.18 Å². The van der Waals surface area contributed by atoms with E-state index in [-0.39, 0.29) is 22.2 Å². The largest absolute Gasteiger partial charge is 0.507 e. The Kier molecular flexibility index (Phi) is 18.7. The number of aromatic hydroxyl groups is 1. The fourth-order valence-corrected chi connectivity index (χ4v) is 5.00. The van der Waals surface area contributed by atoms with Crippen molar-refractivity contribution in [2.45, 2.75) is 42.0 Å². The van der Waals surface area contributed by atoms with Crippen molar-refractivity contribution in [2.24, 2.45) is 0 Å². The Morgan fingerprint density at radius 1 is 0.638 bits per heavy atom. The van der Waals surface area contributed by atoms with E-state index < -0.39 is 5.82 Å². The van der Waals surface area contributed by atoms with Crippen molar-refractivity contribution in [3.05, 3.63) is 136 Å². The maximum atomic E-state index is 14.1. The highest BCUT2D eigenvalue weighted by Crippen LogP contribution is 2.39. The van der Waals surface area contributed by atoms with Gasteiger partial charge in [0, 0.05) is 28.1 Å². The van der Waals surface area contributed by atoms with E-state index in [4.69, 9.17) is 24.6 Å². The van der Waals surface area contributed by atoms with Gasteiger partial charge in [-0.2, -0.15) is 0 Å². The number of phenols is 1. The summed E-state index contributed by atoms with van der Waals surface area (Å²) in [5.41, 5.74) is 3.29. The number of aryl methyl sites for hydroxylation is 1. The minimum Gasteiger partial charge on any atom is -0.507 e. The van der Waals surface area contributed by atoms with Crippen LogP contribution in [0.1, 0.15) is 42.0 Å². The van der Waals surface area contributed by atoms with Crippen LogP contribution in [0.4, 0.5) is 8.78 Å². The number of halogens is 7. The molecule has 1 nitrogen and oxygen atoms in total. The molecular weight excluding hydrogens is 832 g/mol. The van der Waals surface area contributed by atoms with E-state index in [0.717, 1.165) is 32.7 Å². The van der Waals surface area contributed by atoms with Crippen LogP contribution < -0.4 is 0 Å². The van der Waals surface area contributed by atoms with Gasteiger partial charge in [0.2, 0.25) is 0 Å². The topological polar surface area (TPSA) is 20.2 Å². The van der Waals surface area contributed by atoms with E-state index >= 15 is 0 Å². The van der Waals surface area contributed by atoms with Gasteiger partial charge in [-0.1, -0.05) is 125 Å². The smallest absolute Gasteiger partial charge is 0.369 e. The van der Waals surface area contributed by atoms with E-state index in [2.05, 4.69) is 53.3 Å². The van der Waals surface area contributed by atoms with Gasteiger partial charge in [-0.15, -0.1) is 47.3 Å². The number of phenolic OH excluding ortho intramolecular Hbond substituents is 1. The average molecular weight is 871 g/mol. The first-order chi connectivity index (χ1) is 22.5. The first-order valence-corrected chi connectivity index (χ1v) is 17.8. The van der Waals surface area contributed by atoms with Crippen molar-refractivity contribution in [1.82, 2.24) is 0 Å². The fourth-order valence-electron chi connectivity index (χ4n) is 4.66. The lowest BCUT2D eigenvalue weighted by Crippen LogP contribution is -1.90. The molecular formula is C38H38BBr3Cl2F2O. The predicted octanol–water partition coefficient (Wildman–Crippen LogP) is 15.5. The van der Waals surface area contributed by atoms with E-state index in [1.165, 1.54) is 24.3 Å². The molecule has 0 heterocycles. The summed E-state index contributed by atoms with van der Waals surface area (Å²) >= 11 is 21.2. The van der Waals surface area contributed by atoms with Gasteiger partial charge < -0.3 is 5.11 Å². The maximum Gasteiger partial charge on any atom is 0.369 e. The maximum absolute atomic E-state index is 14.1. The number of hydrogen-bond donors (Lipinski definition) is 1. The molecule has 6 aromatic rings. The van der Waals surface area contributed by atoms with Crippen molar-refractivity contribution >= 4 is 95.2 Å². The van der Waals surface area contributed by atoms with Crippen LogP contribution in [0, 0.1) is 18.6 Å². The van der Waals surface area contributed by atoms with Gasteiger partial charge in [0.1, 0.15) is 17.4 Å². The highest BCUT2D eigenvalue weighted by atomic mass is 79.9. The monoisotopic (exact) mass is 867 g/mol. The molecule has 6 rings (SSSR count). The van der Waals surface area contributed by atoms with Gasteiger partial charge in [0.25, 0.3) is 0 Å². The molecule has 47 heavy (non-hydrogen) atoms. The Morgan fingerprint density at radius 3 is 1.49 bits per heavy atom. The van der Waals surface area contributed by atoms with Gasteiger partial charge in [0.15, 0.2) is 0 Å². The third-order valence-electron chi connectivity index (χ3n) is 6.44. The molecule has 248 valence electrons. The lowest BCUT2D eigenvalue weighted by atomic mass is 9.94. The second kappa shape index (κ2) is 21.5. The molecule has 0 unspecified atom stereocenters. The molecule has 0 spiro atoms. The highest BCUT2D eigenvalue weighted by Gasteiger charge is 2.14. The zero-order valence-electron chi connectivity index (χ0n) is 26.8. The first kappa shape index (κ1) is 40.8. The second-order valence-corrected chi connectivity index (χ2v) is 16.5. The standard InChI is InChI=1S/C17H12ClF.C16H10ClFO.2C2H6.CH4.BBr3/c1-11-6-7-12-4-2-3-5-14(12)17(11)15-10-13(18)8-9-16(15)19;17-11-6-7-14(18)13(9-11)16-12-4-2-1-3-10(12)5-8-15(16)19;2*1-2;;2-1(3)4/h2-10H,1H3;1-9,19H;2*1-2H3;1H4;/i;;1D;;;. The van der Waals surface area contributed by atoms with E-state index in [0.29, 0.717) is 33.6 Å². The number of hydrogen-bond acceptors (Lipinski definition) is 1. The van der Waals surface area contributed by atoms with Crippen molar-refractivity contribution < 1.29 is 15.3 Å². The van der Waals surface area contributed by atoms with Crippen LogP contribution in [0.5, 0.6) is 5.75 Å². The highest BCUT2D eigenvalue weighted by molar-refractivity contribution is 9.69. The van der Waals surface area contributed by atoms with Gasteiger partial charge in [-0.25, -0.2) is 8.78 Å². The number of fused-ring (bicyclic) bond motifs is 2. The molecule has 0 aliphatic carbocycles. The van der Waals surface area contributed by atoms with E-state index in [1.54, 1.807) is 31.2 Å². The quantitative estimate of drug-likeness (QED) is 0.172. The van der Waals surface area contributed by atoms with Crippen molar-refractivity contribution in [3.63, 3.8) is 0 Å². The molecule has 0 fully saturated rings. The summed E-state index contributed by atoms with van der Waals surface area (Å²) in [6.45, 7) is 8.28. The van der Waals surface area contributed by atoms with Gasteiger partial charge in [0.05, 0.1) is 0 Å². The Morgan fingerprint density at radius 2 is 1.02 bits per heavy atom. The van der Waals surface area contributed by atoms with E-state index in [9.17, 15) is 13.9 Å². The Bertz CT molecular complexity index is 1760. The minimum atomic E-state index is -0.406. The molecule has 0 bridgehead atoms. The van der Waals surface area contributed by atoms with Crippen molar-refractivity contribution in [1.29, 1.82) is 0 Å². The molecule has 1 N–H and O–H groups in total. The zero-order valence-corrected chi connectivity index (χ0v) is 32.0. The summed E-state index contributed by atoms with van der Waals surface area (Å²) in [5, 5.41) is 14.9. The predicted molar refractivity (Wildman–Crippen MR) is 217 cm³/mol. The molecule has 0 aromatic heterocycles. The molecule has 0 saturated carbocycles. The number of rotatable bonds is 2. The molecule has 0 saturated heterocycles. The van der Waals surface area contributed by atoms with E-state index in [1.807, 2.05) is 75.4 Å². The lowest BCUT2D eigenvalue weighted by molar-refractivity contribution is 0.477. The molecule has 6 aromatic carbocycles. The molecule has 0 radical (unpaired) electrons. The summed E-state index contributed by atoms with van der Waals surface area (Å²) in [4.78, 5) is 0. The normalized spacial score (nSPS) is 9.89. The van der Waals surface area contributed by atoms with Crippen LogP contribution in [-0.2, 0) is 0 Å². The fraction of sp³-hybridized carbons (Fsp3) is 0.158. The first-order valence-electron chi connectivity index (χ1n) is 15.0. The summed E-state index contributed by atoms with van der Waals surface area (Å²) < 4.78 is 34.6. The summed E-state index contributed by atoms with van der Waals surface area (Å²) in [6.07, 6.45) is 0. The van der Waals surface area contributed by atoms with Crippen LogP contribution in [0.15, 0.2) is 109 Å². The Labute approximate surface area is 314 Å². The third-order valence-corrected chi connectivity index (χ3v) is 6.91. The molecule has 0 atom stereocenters. The molecule has 0 aliphatic heterocycles. The summed E-state index contributed by atoms with van der Waals surface area (Å²) in [6, 6.07) is 31.9. The van der Waals surface area contributed by atoms with Crippen molar-refractivity contribution in [3.8, 4) is 28.0 Å². The zero-order chi connectivity index (χ0) is 35.1. The SMILES string of the molecule is BrB(Br)Br.C.CC.Cc1ccc2ccccc2c1-c1cc(Cl)ccc1F.Oc1ccc2ccccc2c1-c1cc(Cl)ccc1F.[2H]CC. The number of benzene rings is 6. The summed E-state index contributed by atoms with van der Waals surface area (Å²) in [5.74, 6) is -0.611. The molecule has 0 aliphatic rings. The van der Waals surface area contributed by atoms with Crippen LogP contribution in [0.2, 0.25) is 10.0 Å². The molecule has 0 amide bonds. The van der Waals surface area contributed by atoms with Gasteiger partial charge in [-0.3, -0.25) is 0 Å². The third kappa shape index (κ3) is 11.9. The summed E-state index contributed by atoms with van der Waals surface area (Å²) in [7, 11) is 0. The Hall–Kier alpha value is -2.42. The second-order valence-electron chi connectivity index (χ2n) is 9.16. The van der Waals surface area contributed by atoms with Crippen molar-refractivity contribution in [2.75, 3.05) is 0 Å². The minimum absolute atomic E-state index is 0. The Balaban J connectivity index is 0.000000380.